The van der Waals surface area contributed by atoms with Crippen molar-refractivity contribution in [3.63, 3.8) is 0 Å². The first-order chi connectivity index (χ1) is 32.5. The van der Waals surface area contributed by atoms with Crippen molar-refractivity contribution in [3.05, 3.63) is 97.2 Å². The Morgan fingerprint density at radius 3 is 1.02 bits per heavy atom. The minimum absolute atomic E-state index is 0.101. The SMILES string of the molecule is CC\C=C/C=C\C=C/C=C\C=C\C=C/CCCCCC(=O)OC(COC(=O)CCCCCCC/C=C\CCCCC)COC(=O)CCCCCCCCC/C=C\CCCCCCCCCC. The number of hydrogen-bond acceptors (Lipinski definition) is 6. The van der Waals surface area contributed by atoms with Gasteiger partial charge in [0.1, 0.15) is 13.2 Å². The molecule has 376 valence electrons. The van der Waals surface area contributed by atoms with Gasteiger partial charge in [-0.1, -0.05) is 234 Å². The third kappa shape index (κ3) is 51.3. The average molecular weight is 917 g/mol. The maximum atomic E-state index is 12.8. The molecule has 6 nitrogen and oxygen atoms in total. The summed E-state index contributed by atoms with van der Waals surface area (Å²) in [7, 11) is 0. The van der Waals surface area contributed by atoms with E-state index in [1.54, 1.807) is 0 Å². The summed E-state index contributed by atoms with van der Waals surface area (Å²) in [6.07, 6.45) is 71.0. The molecule has 0 saturated carbocycles. The fourth-order valence-electron chi connectivity index (χ4n) is 7.34. The molecule has 0 N–H and O–H groups in total. The number of unbranched alkanes of at least 4 members (excludes halogenated alkanes) is 26. The number of carbonyl (C=O) groups is 3. The van der Waals surface area contributed by atoms with Crippen molar-refractivity contribution in [2.75, 3.05) is 13.2 Å². The minimum Gasteiger partial charge on any atom is -0.462 e. The molecule has 0 bridgehead atoms. The first-order valence-electron chi connectivity index (χ1n) is 27.3. The highest BCUT2D eigenvalue weighted by Crippen LogP contribution is 2.14. The maximum absolute atomic E-state index is 12.8. The summed E-state index contributed by atoms with van der Waals surface area (Å²) in [5.74, 6) is -0.959. The van der Waals surface area contributed by atoms with Crippen LogP contribution in [0.2, 0.25) is 0 Å². The molecule has 0 rings (SSSR count). The Hall–Kier alpha value is -3.67. The Morgan fingerprint density at radius 2 is 0.606 bits per heavy atom. The van der Waals surface area contributed by atoms with E-state index in [4.69, 9.17) is 14.2 Å². The highest BCUT2D eigenvalue weighted by molar-refractivity contribution is 5.71. The lowest BCUT2D eigenvalue weighted by atomic mass is 10.1. The summed E-state index contributed by atoms with van der Waals surface area (Å²) in [5, 5.41) is 0. The highest BCUT2D eigenvalue weighted by atomic mass is 16.6. The fraction of sp³-hybridized carbons (Fsp3) is 0.683. The Balaban J connectivity index is 4.46. The molecule has 0 aliphatic carbocycles. The van der Waals surface area contributed by atoms with E-state index in [9.17, 15) is 14.4 Å². The first kappa shape index (κ1) is 62.3. The molecule has 66 heavy (non-hydrogen) atoms. The van der Waals surface area contributed by atoms with Crippen LogP contribution in [0.1, 0.15) is 245 Å². The van der Waals surface area contributed by atoms with Crippen LogP contribution in [0.5, 0.6) is 0 Å². The van der Waals surface area contributed by atoms with Crippen molar-refractivity contribution < 1.29 is 28.6 Å². The van der Waals surface area contributed by atoms with Crippen LogP contribution in [0, 0.1) is 0 Å². The van der Waals surface area contributed by atoms with Crippen molar-refractivity contribution in [2.24, 2.45) is 0 Å². The van der Waals surface area contributed by atoms with Gasteiger partial charge in [0.05, 0.1) is 0 Å². The Morgan fingerprint density at radius 1 is 0.318 bits per heavy atom. The molecule has 0 saturated heterocycles. The molecule has 0 aromatic carbocycles. The van der Waals surface area contributed by atoms with Gasteiger partial charge >= 0.3 is 17.9 Å². The number of esters is 3. The molecule has 0 aromatic heterocycles. The molecule has 0 spiro atoms. The van der Waals surface area contributed by atoms with E-state index in [2.05, 4.69) is 57.2 Å². The topological polar surface area (TPSA) is 78.9 Å². The molecule has 0 heterocycles. The summed E-state index contributed by atoms with van der Waals surface area (Å²) in [6, 6.07) is 0. The standard InChI is InChI=1S/C60H100O6/c1-4-7-10-13-16-19-22-25-27-29-30-32-33-35-38-41-44-47-50-53-59(62)65-56-57(55-64-58(61)52-49-46-43-40-37-24-21-18-15-12-9-6-3)66-60(63)54-51-48-45-42-39-36-34-31-28-26-23-20-17-14-11-8-5-2/h8,11,14,17-18,20-21,23,26,28-31,34,36,39,57H,4-7,9-10,12-13,15-16,19,22,24-25,27,32-33,35,37-38,40-56H2,1-3H3/b11-8-,17-14-,21-18-,23-20-,28-26-,30-29-,34-31+,39-36-. The second-order valence-corrected chi connectivity index (χ2v) is 17.9. The lowest BCUT2D eigenvalue weighted by Crippen LogP contribution is -2.30. The van der Waals surface area contributed by atoms with Gasteiger partial charge in [0.2, 0.25) is 0 Å². The zero-order chi connectivity index (χ0) is 47.9. The summed E-state index contributed by atoms with van der Waals surface area (Å²) in [5.41, 5.74) is 0. The predicted octanol–water partition coefficient (Wildman–Crippen LogP) is 18.1. The van der Waals surface area contributed by atoms with Crippen LogP contribution in [-0.4, -0.2) is 37.2 Å². The molecule has 0 fully saturated rings. The van der Waals surface area contributed by atoms with Crippen molar-refractivity contribution in [2.45, 2.75) is 252 Å². The fourth-order valence-corrected chi connectivity index (χ4v) is 7.34. The third-order valence-corrected chi connectivity index (χ3v) is 11.5. The predicted molar refractivity (Wildman–Crippen MR) is 284 cm³/mol. The van der Waals surface area contributed by atoms with Crippen LogP contribution in [0.3, 0.4) is 0 Å². The number of allylic oxidation sites excluding steroid dienone is 16. The van der Waals surface area contributed by atoms with E-state index in [0.717, 1.165) is 77.0 Å². The molecule has 1 unspecified atom stereocenters. The number of rotatable bonds is 48. The summed E-state index contributed by atoms with van der Waals surface area (Å²) < 4.78 is 16.8. The zero-order valence-electron chi connectivity index (χ0n) is 42.9. The van der Waals surface area contributed by atoms with Gasteiger partial charge in [-0.3, -0.25) is 14.4 Å². The normalized spacial score (nSPS) is 12.8. The van der Waals surface area contributed by atoms with Gasteiger partial charge in [-0.2, -0.15) is 0 Å². The van der Waals surface area contributed by atoms with Gasteiger partial charge in [0.15, 0.2) is 6.10 Å². The Bertz CT molecular complexity index is 1330. The maximum Gasteiger partial charge on any atom is 0.306 e. The van der Waals surface area contributed by atoms with Gasteiger partial charge in [-0.05, 0) is 89.9 Å². The molecule has 0 aliphatic heterocycles. The van der Waals surface area contributed by atoms with Crippen LogP contribution >= 0.6 is 0 Å². The van der Waals surface area contributed by atoms with E-state index >= 15 is 0 Å². The number of carbonyl (C=O) groups excluding carboxylic acids is 3. The molecule has 0 aliphatic rings. The minimum atomic E-state index is -0.806. The van der Waals surface area contributed by atoms with Crippen LogP contribution in [0.4, 0.5) is 0 Å². The largest absolute Gasteiger partial charge is 0.462 e. The lowest BCUT2D eigenvalue weighted by Gasteiger charge is -2.18. The third-order valence-electron chi connectivity index (χ3n) is 11.5. The monoisotopic (exact) mass is 917 g/mol. The van der Waals surface area contributed by atoms with E-state index < -0.39 is 6.10 Å². The van der Waals surface area contributed by atoms with E-state index in [1.165, 1.54) is 122 Å². The molecule has 0 aromatic rings. The Kier molecular flexibility index (Phi) is 50.9. The van der Waals surface area contributed by atoms with Crippen molar-refractivity contribution in [1.82, 2.24) is 0 Å². The molecule has 0 radical (unpaired) electrons. The van der Waals surface area contributed by atoms with Crippen LogP contribution in [0.25, 0.3) is 0 Å². The first-order valence-corrected chi connectivity index (χ1v) is 27.3. The van der Waals surface area contributed by atoms with Gasteiger partial charge in [0, 0.05) is 19.3 Å². The van der Waals surface area contributed by atoms with Gasteiger partial charge in [0.25, 0.3) is 0 Å². The smallest absolute Gasteiger partial charge is 0.306 e. The van der Waals surface area contributed by atoms with E-state index in [-0.39, 0.29) is 37.5 Å². The summed E-state index contributed by atoms with van der Waals surface area (Å²) in [4.78, 5) is 38.0. The average Bonchev–Trinajstić information content (AvgIpc) is 3.31. The highest BCUT2D eigenvalue weighted by Gasteiger charge is 2.19. The zero-order valence-corrected chi connectivity index (χ0v) is 42.9. The second kappa shape index (κ2) is 53.9. The summed E-state index contributed by atoms with van der Waals surface area (Å²) >= 11 is 0. The summed E-state index contributed by atoms with van der Waals surface area (Å²) in [6.45, 7) is 6.42. The quantitative estimate of drug-likeness (QED) is 0.0199. The molecule has 6 heteroatoms. The molecular formula is C60H100O6. The van der Waals surface area contributed by atoms with Crippen molar-refractivity contribution in [3.8, 4) is 0 Å². The Labute approximate surface area is 407 Å². The van der Waals surface area contributed by atoms with E-state index in [1.807, 2.05) is 60.8 Å². The van der Waals surface area contributed by atoms with Crippen molar-refractivity contribution >= 4 is 17.9 Å². The van der Waals surface area contributed by atoms with Gasteiger partial charge < -0.3 is 14.2 Å². The van der Waals surface area contributed by atoms with Crippen molar-refractivity contribution in [1.29, 1.82) is 0 Å². The van der Waals surface area contributed by atoms with Gasteiger partial charge in [-0.15, -0.1) is 0 Å². The van der Waals surface area contributed by atoms with Crippen LogP contribution < -0.4 is 0 Å². The van der Waals surface area contributed by atoms with Crippen LogP contribution in [-0.2, 0) is 28.6 Å². The molecule has 1 atom stereocenters. The van der Waals surface area contributed by atoms with Crippen LogP contribution in [0.15, 0.2) is 97.2 Å². The van der Waals surface area contributed by atoms with Gasteiger partial charge in [-0.25, -0.2) is 0 Å². The second-order valence-electron chi connectivity index (χ2n) is 17.9. The lowest BCUT2D eigenvalue weighted by molar-refractivity contribution is -0.167. The molecule has 0 amide bonds. The number of ether oxygens (including phenoxy) is 3. The number of hydrogen-bond donors (Lipinski definition) is 0. The molecular weight excluding hydrogens is 817 g/mol. The van der Waals surface area contributed by atoms with E-state index in [0.29, 0.717) is 19.3 Å².